The van der Waals surface area contributed by atoms with Crippen LogP contribution < -0.4 is 0 Å². The van der Waals surface area contributed by atoms with Crippen LogP contribution in [0.5, 0.6) is 0 Å². The SMILES string of the molecule is O=C(c1cc(-c2ccccc2)n[nH]1)N1CCC(N2C(=O)COC2=O)CC1. The highest BCUT2D eigenvalue weighted by atomic mass is 16.6. The summed E-state index contributed by atoms with van der Waals surface area (Å²) in [6.45, 7) is 0.759. The molecule has 3 heterocycles. The van der Waals surface area contributed by atoms with Crippen molar-refractivity contribution in [2.45, 2.75) is 18.9 Å². The van der Waals surface area contributed by atoms with Crippen molar-refractivity contribution in [3.05, 3.63) is 42.1 Å². The van der Waals surface area contributed by atoms with Crippen molar-refractivity contribution < 1.29 is 19.1 Å². The van der Waals surface area contributed by atoms with E-state index in [0.29, 0.717) is 37.3 Å². The normalized spacial score (nSPS) is 18.3. The van der Waals surface area contributed by atoms with Crippen molar-refractivity contribution in [1.29, 1.82) is 0 Å². The Bertz CT molecular complexity index is 824. The van der Waals surface area contributed by atoms with Gasteiger partial charge in [0.2, 0.25) is 0 Å². The third-order valence-electron chi connectivity index (χ3n) is 4.78. The molecule has 0 unspecified atom stereocenters. The van der Waals surface area contributed by atoms with Crippen molar-refractivity contribution in [3.63, 3.8) is 0 Å². The second-order valence-corrected chi connectivity index (χ2v) is 6.37. The summed E-state index contributed by atoms with van der Waals surface area (Å²) >= 11 is 0. The number of imide groups is 1. The van der Waals surface area contributed by atoms with Crippen LogP contribution in [-0.4, -0.2) is 63.6 Å². The Balaban J connectivity index is 1.40. The first kappa shape index (κ1) is 16.3. The first-order valence-corrected chi connectivity index (χ1v) is 8.52. The number of H-pyrrole nitrogens is 1. The quantitative estimate of drug-likeness (QED) is 0.904. The number of carbonyl (C=O) groups is 3. The van der Waals surface area contributed by atoms with Crippen molar-refractivity contribution in [3.8, 4) is 11.3 Å². The first-order chi connectivity index (χ1) is 12.6. The number of aromatic nitrogens is 2. The van der Waals surface area contributed by atoms with E-state index in [9.17, 15) is 14.4 Å². The minimum Gasteiger partial charge on any atom is -0.439 e. The molecule has 2 aliphatic rings. The molecular weight excluding hydrogens is 336 g/mol. The highest BCUT2D eigenvalue weighted by Gasteiger charge is 2.39. The zero-order valence-electron chi connectivity index (χ0n) is 14.1. The molecule has 1 N–H and O–H groups in total. The maximum absolute atomic E-state index is 12.7. The lowest BCUT2D eigenvalue weighted by Gasteiger charge is -2.34. The summed E-state index contributed by atoms with van der Waals surface area (Å²) in [5, 5.41) is 7.02. The van der Waals surface area contributed by atoms with Crippen LogP contribution in [0.25, 0.3) is 11.3 Å². The van der Waals surface area contributed by atoms with Crippen molar-refractivity contribution in [2.24, 2.45) is 0 Å². The fraction of sp³-hybridized carbons (Fsp3) is 0.333. The van der Waals surface area contributed by atoms with Crippen LogP contribution in [0.1, 0.15) is 23.3 Å². The van der Waals surface area contributed by atoms with Gasteiger partial charge in [0.05, 0.1) is 5.69 Å². The minimum atomic E-state index is -0.583. The summed E-state index contributed by atoms with van der Waals surface area (Å²) in [6, 6.07) is 11.2. The second kappa shape index (κ2) is 6.62. The van der Waals surface area contributed by atoms with Crippen LogP contribution >= 0.6 is 0 Å². The standard InChI is InChI=1S/C18H18N4O4/c23-16-11-26-18(25)22(16)13-6-8-21(9-7-13)17(24)15-10-14(19-20-15)12-4-2-1-3-5-12/h1-5,10,13H,6-9,11H2,(H,19,20). The third-order valence-corrected chi connectivity index (χ3v) is 4.78. The number of carbonyl (C=O) groups excluding carboxylic acids is 3. The molecule has 2 aliphatic heterocycles. The smallest absolute Gasteiger partial charge is 0.417 e. The van der Waals surface area contributed by atoms with E-state index in [1.807, 2.05) is 30.3 Å². The Morgan fingerprint density at radius 1 is 1.15 bits per heavy atom. The molecule has 1 aromatic carbocycles. The Morgan fingerprint density at radius 2 is 1.88 bits per heavy atom. The molecular formula is C18H18N4O4. The zero-order valence-corrected chi connectivity index (χ0v) is 14.1. The second-order valence-electron chi connectivity index (χ2n) is 6.37. The van der Waals surface area contributed by atoms with Gasteiger partial charge >= 0.3 is 6.09 Å². The molecule has 26 heavy (non-hydrogen) atoms. The van der Waals surface area contributed by atoms with E-state index in [4.69, 9.17) is 4.74 Å². The number of ether oxygens (including phenoxy) is 1. The predicted octanol–water partition coefficient (Wildman–Crippen LogP) is 1.66. The summed E-state index contributed by atoms with van der Waals surface area (Å²) in [6.07, 6.45) is 0.513. The minimum absolute atomic E-state index is 0.131. The third kappa shape index (κ3) is 2.94. The molecule has 0 bridgehead atoms. The molecule has 4 rings (SSSR count). The zero-order chi connectivity index (χ0) is 18.1. The van der Waals surface area contributed by atoms with Gasteiger partial charge < -0.3 is 9.64 Å². The largest absolute Gasteiger partial charge is 0.439 e. The highest BCUT2D eigenvalue weighted by molar-refractivity contribution is 5.98. The van der Waals surface area contributed by atoms with Gasteiger partial charge in [0.15, 0.2) is 6.61 Å². The molecule has 0 atom stereocenters. The number of rotatable bonds is 3. The molecule has 8 nitrogen and oxygen atoms in total. The molecule has 0 radical (unpaired) electrons. The van der Waals surface area contributed by atoms with E-state index in [0.717, 1.165) is 5.56 Å². The average molecular weight is 354 g/mol. The monoisotopic (exact) mass is 354 g/mol. The number of amides is 3. The van der Waals surface area contributed by atoms with Gasteiger partial charge in [0.1, 0.15) is 5.69 Å². The van der Waals surface area contributed by atoms with Gasteiger partial charge in [0.25, 0.3) is 11.8 Å². The number of cyclic esters (lactones) is 1. The van der Waals surface area contributed by atoms with E-state index in [2.05, 4.69) is 10.2 Å². The molecule has 134 valence electrons. The first-order valence-electron chi connectivity index (χ1n) is 8.52. The average Bonchev–Trinajstić information content (AvgIpc) is 3.29. The van der Waals surface area contributed by atoms with Crippen LogP contribution in [0, 0.1) is 0 Å². The van der Waals surface area contributed by atoms with Gasteiger partial charge in [0, 0.05) is 24.7 Å². The van der Waals surface area contributed by atoms with Gasteiger partial charge in [-0.3, -0.25) is 14.7 Å². The van der Waals surface area contributed by atoms with Gasteiger partial charge in [-0.15, -0.1) is 0 Å². The maximum atomic E-state index is 12.7. The van der Waals surface area contributed by atoms with E-state index in [1.165, 1.54) is 4.90 Å². The maximum Gasteiger partial charge on any atom is 0.417 e. The fourth-order valence-electron chi connectivity index (χ4n) is 3.40. The number of likely N-dealkylation sites (tertiary alicyclic amines) is 1. The topological polar surface area (TPSA) is 95.6 Å². The van der Waals surface area contributed by atoms with E-state index >= 15 is 0 Å². The molecule has 2 saturated heterocycles. The number of nitrogens with one attached hydrogen (secondary N) is 1. The molecule has 0 aliphatic carbocycles. The number of hydrogen-bond donors (Lipinski definition) is 1. The Kier molecular flexibility index (Phi) is 4.16. The predicted molar refractivity (Wildman–Crippen MR) is 91.1 cm³/mol. The van der Waals surface area contributed by atoms with E-state index < -0.39 is 6.09 Å². The van der Waals surface area contributed by atoms with Crippen LogP contribution in [0.4, 0.5) is 4.79 Å². The lowest BCUT2D eigenvalue weighted by Crippen LogP contribution is -2.48. The highest BCUT2D eigenvalue weighted by Crippen LogP contribution is 2.23. The lowest BCUT2D eigenvalue weighted by atomic mass is 10.0. The number of benzene rings is 1. The molecule has 3 amide bonds. The van der Waals surface area contributed by atoms with Gasteiger partial charge in [-0.2, -0.15) is 5.10 Å². The van der Waals surface area contributed by atoms with Gasteiger partial charge in [-0.25, -0.2) is 9.69 Å². The number of nitrogens with zero attached hydrogens (tertiary/aromatic N) is 3. The summed E-state index contributed by atoms with van der Waals surface area (Å²) in [5.74, 6) is -0.436. The van der Waals surface area contributed by atoms with Crippen molar-refractivity contribution >= 4 is 17.9 Å². The molecule has 0 saturated carbocycles. The molecule has 0 spiro atoms. The van der Waals surface area contributed by atoms with Crippen LogP contribution in [-0.2, 0) is 9.53 Å². The van der Waals surface area contributed by atoms with Gasteiger partial charge in [-0.05, 0) is 18.9 Å². The Hall–Kier alpha value is -3.16. The lowest BCUT2D eigenvalue weighted by molar-refractivity contribution is -0.127. The van der Waals surface area contributed by atoms with E-state index in [-0.39, 0.29) is 24.5 Å². The summed E-state index contributed by atoms with van der Waals surface area (Å²) in [4.78, 5) is 39.0. The summed E-state index contributed by atoms with van der Waals surface area (Å²) < 4.78 is 4.76. The summed E-state index contributed by atoms with van der Waals surface area (Å²) in [7, 11) is 0. The van der Waals surface area contributed by atoms with Crippen LogP contribution in [0.15, 0.2) is 36.4 Å². The Labute approximate surface area is 149 Å². The van der Waals surface area contributed by atoms with Gasteiger partial charge in [-0.1, -0.05) is 30.3 Å². The molecule has 2 aromatic rings. The molecule has 8 heteroatoms. The summed E-state index contributed by atoms with van der Waals surface area (Å²) in [5.41, 5.74) is 2.08. The molecule has 2 fully saturated rings. The van der Waals surface area contributed by atoms with Crippen molar-refractivity contribution in [2.75, 3.05) is 19.7 Å². The van der Waals surface area contributed by atoms with E-state index in [1.54, 1.807) is 11.0 Å². The number of hydrogen-bond acceptors (Lipinski definition) is 5. The number of piperidine rings is 1. The molecule has 1 aromatic heterocycles. The van der Waals surface area contributed by atoms with Crippen molar-refractivity contribution in [1.82, 2.24) is 20.0 Å². The number of aromatic amines is 1. The Morgan fingerprint density at radius 3 is 2.54 bits per heavy atom. The fourth-order valence-corrected chi connectivity index (χ4v) is 3.40. The van der Waals surface area contributed by atoms with Crippen LogP contribution in [0.3, 0.4) is 0 Å². The van der Waals surface area contributed by atoms with Crippen LogP contribution in [0.2, 0.25) is 0 Å².